The van der Waals surface area contributed by atoms with E-state index in [1.165, 1.54) is 18.4 Å². The van der Waals surface area contributed by atoms with E-state index in [1.54, 1.807) is 0 Å². The number of nitrogens with one attached hydrogen (secondary N) is 1. The summed E-state index contributed by atoms with van der Waals surface area (Å²) in [7, 11) is 1.99. The molecule has 17 heavy (non-hydrogen) atoms. The van der Waals surface area contributed by atoms with E-state index in [9.17, 15) is 0 Å². The summed E-state index contributed by atoms with van der Waals surface area (Å²) in [5.41, 5.74) is 1.35. The van der Waals surface area contributed by atoms with Gasteiger partial charge in [-0.05, 0) is 43.5 Å². The van der Waals surface area contributed by atoms with E-state index in [0.717, 1.165) is 30.1 Å². The first-order valence-electron chi connectivity index (χ1n) is 6.27. The van der Waals surface area contributed by atoms with E-state index < -0.39 is 0 Å². The molecule has 2 rings (SSSR count). The third-order valence-corrected chi connectivity index (χ3v) is 3.69. The number of ether oxygens (including phenoxy) is 1. The molecule has 0 heterocycles. The topological polar surface area (TPSA) is 21.3 Å². The number of halogens is 1. The van der Waals surface area contributed by atoms with Gasteiger partial charge in [-0.2, -0.15) is 0 Å². The van der Waals surface area contributed by atoms with Crippen molar-refractivity contribution < 1.29 is 4.74 Å². The number of rotatable bonds is 7. The van der Waals surface area contributed by atoms with Crippen LogP contribution in [0.25, 0.3) is 0 Å². The molecule has 0 bridgehead atoms. The molecule has 1 N–H and O–H groups in total. The second kappa shape index (κ2) is 6.53. The van der Waals surface area contributed by atoms with Crippen molar-refractivity contribution in [3.63, 3.8) is 0 Å². The molecule has 3 heteroatoms. The standard InChI is InChI=1S/C14H20BrNO/c1-16-8-13(10-17-9-11-2-3-11)12-4-6-14(15)7-5-12/h4-7,11,13,16H,2-3,8-10H2,1H3. The molecule has 1 aromatic rings. The van der Waals surface area contributed by atoms with Crippen molar-refractivity contribution in [2.75, 3.05) is 26.8 Å². The molecule has 1 fully saturated rings. The van der Waals surface area contributed by atoms with Crippen molar-refractivity contribution in [2.24, 2.45) is 5.92 Å². The Balaban J connectivity index is 1.87. The molecule has 0 saturated heterocycles. The number of hydrogen-bond acceptors (Lipinski definition) is 2. The molecule has 0 spiro atoms. The zero-order valence-electron chi connectivity index (χ0n) is 10.3. The van der Waals surface area contributed by atoms with Gasteiger partial charge < -0.3 is 10.1 Å². The predicted octanol–water partition coefficient (Wildman–Crippen LogP) is 3.18. The zero-order chi connectivity index (χ0) is 12.1. The largest absolute Gasteiger partial charge is 0.380 e. The summed E-state index contributed by atoms with van der Waals surface area (Å²) < 4.78 is 6.93. The molecule has 0 radical (unpaired) electrons. The molecule has 0 aromatic heterocycles. The average Bonchev–Trinajstić information content (AvgIpc) is 3.13. The summed E-state index contributed by atoms with van der Waals surface area (Å²) in [6.07, 6.45) is 2.71. The normalized spacial score (nSPS) is 17.1. The highest BCUT2D eigenvalue weighted by Crippen LogP contribution is 2.29. The SMILES string of the molecule is CNCC(COCC1CC1)c1ccc(Br)cc1. The van der Waals surface area contributed by atoms with Crippen LogP contribution < -0.4 is 5.32 Å². The van der Waals surface area contributed by atoms with Gasteiger partial charge in [0.15, 0.2) is 0 Å². The Morgan fingerprint density at radius 3 is 2.65 bits per heavy atom. The van der Waals surface area contributed by atoms with Gasteiger partial charge in [-0.15, -0.1) is 0 Å². The molecule has 1 saturated carbocycles. The fraction of sp³-hybridized carbons (Fsp3) is 0.571. The number of likely N-dealkylation sites (N-methyl/N-ethyl adjacent to an activating group) is 1. The van der Waals surface area contributed by atoms with E-state index in [0.29, 0.717) is 5.92 Å². The van der Waals surface area contributed by atoms with Crippen molar-refractivity contribution in [1.82, 2.24) is 5.32 Å². The molecule has 1 aliphatic carbocycles. The Kier molecular flexibility index (Phi) is 5.01. The molecule has 2 nitrogen and oxygen atoms in total. The summed E-state index contributed by atoms with van der Waals surface area (Å²) >= 11 is 3.47. The highest BCUT2D eigenvalue weighted by atomic mass is 79.9. The lowest BCUT2D eigenvalue weighted by molar-refractivity contribution is 0.111. The van der Waals surface area contributed by atoms with E-state index >= 15 is 0 Å². The van der Waals surface area contributed by atoms with Gasteiger partial charge in [0.2, 0.25) is 0 Å². The molecular formula is C14H20BrNO. The van der Waals surface area contributed by atoms with E-state index in [4.69, 9.17) is 4.74 Å². The van der Waals surface area contributed by atoms with Crippen LogP contribution in [0.4, 0.5) is 0 Å². The third kappa shape index (κ3) is 4.41. The smallest absolute Gasteiger partial charge is 0.0547 e. The van der Waals surface area contributed by atoms with Crippen LogP contribution in [0, 0.1) is 5.92 Å². The fourth-order valence-electron chi connectivity index (χ4n) is 1.92. The maximum Gasteiger partial charge on any atom is 0.0547 e. The molecule has 94 valence electrons. The minimum atomic E-state index is 0.451. The molecule has 1 aliphatic rings. The van der Waals surface area contributed by atoms with Crippen LogP contribution in [0.5, 0.6) is 0 Å². The van der Waals surface area contributed by atoms with Crippen LogP contribution in [-0.4, -0.2) is 26.8 Å². The molecule has 1 aromatic carbocycles. The Labute approximate surface area is 112 Å². The van der Waals surface area contributed by atoms with Gasteiger partial charge in [0, 0.05) is 23.5 Å². The summed E-state index contributed by atoms with van der Waals surface area (Å²) in [5.74, 6) is 1.29. The lowest BCUT2D eigenvalue weighted by Gasteiger charge is -2.17. The van der Waals surface area contributed by atoms with E-state index in [1.807, 2.05) is 7.05 Å². The van der Waals surface area contributed by atoms with Gasteiger partial charge in [-0.25, -0.2) is 0 Å². The molecule has 0 amide bonds. The quantitative estimate of drug-likeness (QED) is 0.835. The maximum atomic E-state index is 5.81. The minimum absolute atomic E-state index is 0.451. The lowest BCUT2D eigenvalue weighted by atomic mass is 10.0. The van der Waals surface area contributed by atoms with Crippen molar-refractivity contribution in [2.45, 2.75) is 18.8 Å². The summed E-state index contributed by atoms with van der Waals surface area (Å²) in [5, 5.41) is 3.24. The van der Waals surface area contributed by atoms with Gasteiger partial charge in [0.25, 0.3) is 0 Å². The Morgan fingerprint density at radius 1 is 1.35 bits per heavy atom. The predicted molar refractivity (Wildman–Crippen MR) is 74.4 cm³/mol. The molecule has 0 aliphatic heterocycles. The van der Waals surface area contributed by atoms with Gasteiger partial charge in [0.05, 0.1) is 6.61 Å². The summed E-state index contributed by atoms with van der Waals surface area (Å²) in [6, 6.07) is 8.54. The van der Waals surface area contributed by atoms with Gasteiger partial charge in [-0.1, -0.05) is 28.1 Å². The van der Waals surface area contributed by atoms with Gasteiger partial charge >= 0.3 is 0 Å². The molecular weight excluding hydrogens is 278 g/mol. The van der Waals surface area contributed by atoms with Crippen molar-refractivity contribution >= 4 is 15.9 Å². The highest BCUT2D eigenvalue weighted by Gasteiger charge is 2.22. The first kappa shape index (κ1) is 13.1. The van der Waals surface area contributed by atoms with Crippen LogP contribution in [-0.2, 0) is 4.74 Å². The summed E-state index contributed by atoms with van der Waals surface area (Å²) in [6.45, 7) is 2.72. The third-order valence-electron chi connectivity index (χ3n) is 3.16. The number of hydrogen-bond donors (Lipinski definition) is 1. The molecule has 1 atom stereocenters. The highest BCUT2D eigenvalue weighted by molar-refractivity contribution is 9.10. The second-order valence-electron chi connectivity index (χ2n) is 4.79. The number of benzene rings is 1. The van der Waals surface area contributed by atoms with E-state index in [-0.39, 0.29) is 0 Å². The Bertz CT molecular complexity index is 335. The second-order valence-corrected chi connectivity index (χ2v) is 5.70. The van der Waals surface area contributed by atoms with Crippen LogP contribution in [0.1, 0.15) is 24.3 Å². The average molecular weight is 298 g/mol. The van der Waals surface area contributed by atoms with Gasteiger partial charge in [-0.3, -0.25) is 0 Å². The van der Waals surface area contributed by atoms with Crippen molar-refractivity contribution in [1.29, 1.82) is 0 Å². The van der Waals surface area contributed by atoms with Crippen LogP contribution in [0.3, 0.4) is 0 Å². The fourth-order valence-corrected chi connectivity index (χ4v) is 2.18. The monoisotopic (exact) mass is 297 g/mol. The van der Waals surface area contributed by atoms with Crippen molar-refractivity contribution in [3.8, 4) is 0 Å². The van der Waals surface area contributed by atoms with Crippen LogP contribution in [0.2, 0.25) is 0 Å². The van der Waals surface area contributed by atoms with Crippen LogP contribution >= 0.6 is 15.9 Å². The Morgan fingerprint density at radius 2 is 2.06 bits per heavy atom. The summed E-state index contributed by atoms with van der Waals surface area (Å²) in [4.78, 5) is 0. The first-order valence-corrected chi connectivity index (χ1v) is 7.06. The van der Waals surface area contributed by atoms with Crippen molar-refractivity contribution in [3.05, 3.63) is 34.3 Å². The zero-order valence-corrected chi connectivity index (χ0v) is 11.9. The minimum Gasteiger partial charge on any atom is -0.380 e. The first-order chi connectivity index (χ1) is 8.29. The Hall–Kier alpha value is -0.380. The molecule has 1 unspecified atom stereocenters. The van der Waals surface area contributed by atoms with Crippen LogP contribution in [0.15, 0.2) is 28.7 Å². The van der Waals surface area contributed by atoms with E-state index in [2.05, 4.69) is 45.5 Å². The lowest BCUT2D eigenvalue weighted by Crippen LogP contribution is -2.21. The maximum absolute atomic E-state index is 5.81. The van der Waals surface area contributed by atoms with Gasteiger partial charge in [0.1, 0.15) is 0 Å².